The monoisotopic (exact) mass is 451 g/mol. The van der Waals surface area contributed by atoms with Gasteiger partial charge in [-0.2, -0.15) is 0 Å². The van der Waals surface area contributed by atoms with Crippen molar-refractivity contribution < 1.29 is 28.5 Å². The lowest BCUT2D eigenvalue weighted by Gasteiger charge is -2.20. The van der Waals surface area contributed by atoms with Gasteiger partial charge in [0.1, 0.15) is 5.54 Å². The fraction of sp³-hybridized carbons (Fsp3) is 0.500. The molecule has 0 aromatic carbocycles. The molecule has 1 atom stereocenters. The van der Waals surface area contributed by atoms with Gasteiger partial charge in [0.2, 0.25) is 5.82 Å². The summed E-state index contributed by atoms with van der Waals surface area (Å²) in [6.45, 7) is 2.15. The molecule has 1 aliphatic heterocycles. The number of hydrogen-bond acceptors (Lipinski definition) is 3. The van der Waals surface area contributed by atoms with Crippen molar-refractivity contribution in [1.29, 1.82) is 0 Å². The van der Waals surface area contributed by atoms with E-state index in [0.717, 1.165) is 15.3 Å². The van der Waals surface area contributed by atoms with Crippen molar-refractivity contribution in [3.63, 3.8) is 0 Å². The Balaban J connectivity index is 0.00000112. The van der Waals surface area contributed by atoms with Gasteiger partial charge in [-0.25, -0.2) is 9.55 Å². The summed E-state index contributed by atoms with van der Waals surface area (Å²) >= 11 is 4.00. The molecule has 7 heteroatoms. The van der Waals surface area contributed by atoms with E-state index in [1.54, 1.807) is 11.8 Å². The van der Waals surface area contributed by atoms with Crippen molar-refractivity contribution in [2.45, 2.75) is 17.6 Å². The van der Waals surface area contributed by atoms with Gasteiger partial charge in [0, 0.05) is 10.2 Å². The van der Waals surface area contributed by atoms with E-state index in [2.05, 4.69) is 34.5 Å². The fourth-order valence-electron chi connectivity index (χ4n) is 1.56. The molecule has 0 saturated heterocycles. The van der Waals surface area contributed by atoms with Crippen molar-refractivity contribution >= 4 is 40.2 Å². The summed E-state index contributed by atoms with van der Waals surface area (Å²) in [4.78, 5) is 14.0. The van der Waals surface area contributed by atoms with Crippen LogP contribution in [0.25, 0.3) is 0 Å². The van der Waals surface area contributed by atoms with Gasteiger partial charge in [0.05, 0.1) is 6.07 Å². The van der Waals surface area contributed by atoms with E-state index < -0.39 is 0 Å². The Bertz CT molecular complexity index is 436. The van der Waals surface area contributed by atoms with Gasteiger partial charge in [-0.3, -0.25) is 4.79 Å². The first kappa shape index (κ1) is 13.6. The molecule has 0 fully saturated rings. The molecular formula is C8H11I2N3OS. The third-order valence-electron chi connectivity index (χ3n) is 2.32. The van der Waals surface area contributed by atoms with Crippen LogP contribution in [0.15, 0.2) is 16.0 Å². The Morgan fingerprint density at radius 2 is 2.47 bits per heavy atom. The van der Waals surface area contributed by atoms with Crippen LogP contribution in [0, 0.1) is 0 Å². The highest BCUT2D eigenvalue weighted by atomic mass is 127. The average Bonchev–Trinajstić information content (AvgIpc) is 2.44. The molecule has 2 rings (SSSR count). The smallest absolute Gasteiger partial charge is 0.311 e. The minimum atomic E-state index is -0.126. The molecule has 2 heterocycles. The molecule has 1 aromatic rings. The van der Waals surface area contributed by atoms with E-state index in [1.807, 2.05) is 4.57 Å². The molecule has 0 bridgehead atoms. The fourth-order valence-corrected chi connectivity index (χ4v) is 3.84. The predicted octanol–water partition coefficient (Wildman–Crippen LogP) is -2.50. The maximum absolute atomic E-state index is 11.2. The molecule has 0 radical (unpaired) electrons. The van der Waals surface area contributed by atoms with Gasteiger partial charge < -0.3 is 29.7 Å². The highest BCUT2D eigenvalue weighted by Gasteiger charge is 2.40. The summed E-state index contributed by atoms with van der Waals surface area (Å²) in [5.41, 5.74) is 5.75. The number of halogens is 2. The molecule has 0 aliphatic carbocycles. The lowest BCUT2D eigenvalue weighted by atomic mass is 10.1. The van der Waals surface area contributed by atoms with E-state index in [1.165, 1.54) is 6.07 Å². The third-order valence-corrected chi connectivity index (χ3v) is 5.29. The zero-order chi connectivity index (χ0) is 10.3. The molecule has 84 valence electrons. The van der Waals surface area contributed by atoms with Crippen LogP contribution in [-0.4, -0.2) is 15.2 Å². The second-order valence-electron chi connectivity index (χ2n) is 3.62. The Kier molecular flexibility index (Phi) is 4.32. The summed E-state index contributed by atoms with van der Waals surface area (Å²) in [5, 5.41) is 0.870. The topological polar surface area (TPSA) is 62.8 Å². The van der Waals surface area contributed by atoms with Crippen LogP contribution in [0.3, 0.4) is 0 Å². The first-order valence-corrected chi connectivity index (χ1v) is 6.72. The molecule has 0 spiro atoms. The number of aromatic amines is 1. The van der Waals surface area contributed by atoms with Crippen molar-refractivity contribution in [3.8, 4) is 0 Å². The average molecular weight is 451 g/mol. The normalized spacial score (nSPS) is 23.3. The van der Waals surface area contributed by atoms with E-state index in [0.29, 0.717) is 5.82 Å². The molecule has 0 saturated carbocycles. The van der Waals surface area contributed by atoms with Gasteiger partial charge >= 0.3 is 5.56 Å². The van der Waals surface area contributed by atoms with Gasteiger partial charge in [-0.15, -0.1) is 0 Å². The Morgan fingerprint density at radius 3 is 3.07 bits per heavy atom. The number of nitrogens with zero attached hydrogens (tertiary/aromatic N) is 1. The van der Waals surface area contributed by atoms with Crippen molar-refractivity contribution in [2.24, 2.45) is 0 Å². The zero-order valence-corrected chi connectivity index (χ0v) is 13.2. The highest BCUT2D eigenvalue weighted by Crippen LogP contribution is 2.30. The van der Waals surface area contributed by atoms with Crippen molar-refractivity contribution in [2.75, 3.05) is 15.9 Å². The van der Waals surface area contributed by atoms with Crippen LogP contribution in [-0.2, 0) is 5.54 Å². The Hall–Kier alpha value is 0.490. The summed E-state index contributed by atoms with van der Waals surface area (Å²) in [5.74, 6) is 1.51. The Labute approximate surface area is 123 Å². The second kappa shape index (κ2) is 4.78. The van der Waals surface area contributed by atoms with Crippen LogP contribution in [0.5, 0.6) is 0 Å². The molecule has 3 N–H and O–H groups in total. The van der Waals surface area contributed by atoms with Gasteiger partial charge in [-0.1, -0.05) is 34.4 Å². The van der Waals surface area contributed by atoms with E-state index in [4.69, 9.17) is 5.73 Å². The van der Waals surface area contributed by atoms with Crippen molar-refractivity contribution in [3.05, 3.63) is 16.4 Å². The number of nitrogen functional groups attached to an aromatic ring is 1. The lowest BCUT2D eigenvalue weighted by molar-refractivity contribution is -0.768. The first-order valence-electron chi connectivity index (χ1n) is 4.21. The van der Waals surface area contributed by atoms with Crippen molar-refractivity contribution in [1.82, 2.24) is 4.98 Å². The number of nitrogens with two attached hydrogens (primary N) is 1. The quantitative estimate of drug-likeness (QED) is 0.215. The molecular weight excluding hydrogens is 440 g/mol. The number of fused-ring (bicyclic) bond motifs is 1. The van der Waals surface area contributed by atoms with Crippen LogP contribution in [0.1, 0.15) is 6.92 Å². The maximum Gasteiger partial charge on any atom is 0.311 e. The highest BCUT2D eigenvalue weighted by molar-refractivity contribution is 14.1. The number of thioether (sulfide) groups is 1. The summed E-state index contributed by atoms with van der Waals surface area (Å²) in [6, 6.07) is 1.44. The zero-order valence-electron chi connectivity index (χ0n) is 8.09. The van der Waals surface area contributed by atoms with Crippen LogP contribution in [0.4, 0.5) is 5.82 Å². The number of aromatic nitrogens is 2. The second-order valence-corrected chi connectivity index (χ2v) is 5.35. The maximum atomic E-state index is 11.2. The van der Waals surface area contributed by atoms with E-state index in [9.17, 15) is 4.79 Å². The van der Waals surface area contributed by atoms with Crippen LogP contribution in [0.2, 0.25) is 0 Å². The lowest BCUT2D eigenvalue weighted by Crippen LogP contribution is -3.00. The van der Waals surface area contributed by atoms with Crippen LogP contribution >= 0.6 is 34.4 Å². The SMILES string of the molecule is CC1(CI)CSc2[nH]c(=O)cc(N)[n+]21.[I-]. The molecule has 1 aliphatic rings. The number of rotatable bonds is 1. The molecule has 0 amide bonds. The number of H-pyrrole nitrogens is 1. The standard InChI is InChI=1S/C8H10IN3OS.HI/c1-8(3-9)4-14-7-11-6(13)2-5(10)12(7)8;/h2H,3-4H2,1H3,(H2,10,13);1H. The molecule has 1 aromatic heterocycles. The third kappa shape index (κ3) is 2.28. The molecule has 15 heavy (non-hydrogen) atoms. The Morgan fingerprint density at radius 1 is 1.80 bits per heavy atom. The molecule has 4 nitrogen and oxygen atoms in total. The summed E-state index contributed by atoms with van der Waals surface area (Å²) in [6.07, 6.45) is 0. The molecule has 1 unspecified atom stereocenters. The van der Waals surface area contributed by atoms with Gasteiger partial charge in [0.25, 0.3) is 5.16 Å². The number of nitrogens with one attached hydrogen (secondary N) is 1. The first-order chi connectivity index (χ1) is 6.57. The van der Waals surface area contributed by atoms with E-state index in [-0.39, 0.29) is 35.1 Å². The van der Waals surface area contributed by atoms with E-state index >= 15 is 0 Å². The number of hydrogen-bond donors (Lipinski definition) is 2. The number of alkyl halides is 1. The summed E-state index contributed by atoms with van der Waals surface area (Å²) < 4.78 is 3.00. The summed E-state index contributed by atoms with van der Waals surface area (Å²) in [7, 11) is 0. The predicted molar refractivity (Wildman–Crippen MR) is 64.9 cm³/mol. The number of anilines is 1. The largest absolute Gasteiger partial charge is 1.00 e. The van der Waals surface area contributed by atoms with Gasteiger partial charge in [-0.05, 0) is 6.92 Å². The van der Waals surface area contributed by atoms with Gasteiger partial charge in [0.15, 0.2) is 0 Å². The van der Waals surface area contributed by atoms with Crippen LogP contribution < -0.4 is 39.8 Å². The minimum Gasteiger partial charge on any atom is -1.00 e. The minimum absolute atomic E-state index is 0.